The maximum Gasteiger partial charge on any atom is 0.189 e. The third-order valence-electron chi connectivity index (χ3n) is 2.89. The van der Waals surface area contributed by atoms with E-state index in [1.54, 1.807) is 6.20 Å². The topological polar surface area (TPSA) is 73.0 Å². The molecule has 2 rings (SSSR count). The summed E-state index contributed by atoms with van der Waals surface area (Å²) in [5, 5.41) is 18.9. The van der Waals surface area contributed by atoms with Crippen LogP contribution in [0.3, 0.4) is 0 Å². The monoisotopic (exact) mass is 250 g/mol. The van der Waals surface area contributed by atoms with E-state index in [9.17, 15) is 0 Å². The second kappa shape index (κ2) is 5.34. The number of rotatable bonds is 3. The van der Waals surface area contributed by atoms with Crippen molar-refractivity contribution in [1.29, 1.82) is 5.26 Å². The average molecular weight is 250 g/mol. The standard InChI is InChI=1S/C11H14N4OS/c1-17-11-13-5-9(4-12)10(14-11)15-3-2-8(6-15)7-16/h5,8,16H,2-3,6-7H2,1H3. The second-order valence-electron chi connectivity index (χ2n) is 3.99. The lowest BCUT2D eigenvalue weighted by Gasteiger charge is -2.18. The zero-order chi connectivity index (χ0) is 12.3. The number of hydrogen-bond donors (Lipinski definition) is 1. The van der Waals surface area contributed by atoms with Crippen LogP contribution in [0.5, 0.6) is 0 Å². The summed E-state index contributed by atoms with van der Waals surface area (Å²) in [4.78, 5) is 10.5. The van der Waals surface area contributed by atoms with E-state index in [2.05, 4.69) is 20.9 Å². The number of nitrogens with zero attached hydrogens (tertiary/aromatic N) is 4. The summed E-state index contributed by atoms with van der Waals surface area (Å²) in [5.41, 5.74) is 0.501. The second-order valence-corrected chi connectivity index (χ2v) is 4.76. The molecule has 0 aromatic carbocycles. The first-order chi connectivity index (χ1) is 8.28. The Labute approximate surface area is 104 Å². The Morgan fingerprint density at radius 2 is 2.53 bits per heavy atom. The summed E-state index contributed by atoms with van der Waals surface area (Å²) in [6, 6.07) is 2.12. The Hall–Kier alpha value is -1.32. The van der Waals surface area contributed by atoms with Crippen molar-refractivity contribution in [3.63, 3.8) is 0 Å². The molecule has 2 heterocycles. The van der Waals surface area contributed by atoms with Crippen LogP contribution < -0.4 is 4.90 Å². The molecule has 17 heavy (non-hydrogen) atoms. The molecule has 0 bridgehead atoms. The Balaban J connectivity index is 2.28. The van der Waals surface area contributed by atoms with Gasteiger partial charge >= 0.3 is 0 Å². The van der Waals surface area contributed by atoms with Crippen molar-refractivity contribution in [2.45, 2.75) is 11.6 Å². The van der Waals surface area contributed by atoms with Gasteiger partial charge in [-0.05, 0) is 12.7 Å². The number of aliphatic hydroxyl groups excluding tert-OH is 1. The minimum Gasteiger partial charge on any atom is -0.396 e. The van der Waals surface area contributed by atoms with Crippen molar-refractivity contribution in [1.82, 2.24) is 9.97 Å². The summed E-state index contributed by atoms with van der Waals surface area (Å²) in [6.07, 6.45) is 4.42. The summed E-state index contributed by atoms with van der Waals surface area (Å²) in [7, 11) is 0. The van der Waals surface area contributed by atoms with Crippen LogP contribution in [0, 0.1) is 17.2 Å². The third-order valence-corrected chi connectivity index (χ3v) is 3.45. The molecular weight excluding hydrogens is 236 g/mol. The fraction of sp³-hybridized carbons (Fsp3) is 0.545. The molecule has 1 aromatic rings. The van der Waals surface area contributed by atoms with E-state index in [1.165, 1.54) is 11.8 Å². The molecule has 1 fully saturated rings. The number of anilines is 1. The maximum absolute atomic E-state index is 9.13. The predicted molar refractivity (Wildman–Crippen MR) is 65.9 cm³/mol. The zero-order valence-corrected chi connectivity index (χ0v) is 10.4. The van der Waals surface area contributed by atoms with Gasteiger partial charge in [-0.25, -0.2) is 9.97 Å². The van der Waals surface area contributed by atoms with Crippen LogP contribution in [0.25, 0.3) is 0 Å². The van der Waals surface area contributed by atoms with E-state index in [0.717, 1.165) is 19.5 Å². The van der Waals surface area contributed by atoms with E-state index >= 15 is 0 Å². The van der Waals surface area contributed by atoms with Crippen LogP contribution in [0.2, 0.25) is 0 Å². The van der Waals surface area contributed by atoms with Gasteiger partial charge in [0.15, 0.2) is 11.0 Å². The molecule has 1 atom stereocenters. The van der Waals surface area contributed by atoms with E-state index in [1.807, 2.05) is 6.26 Å². The van der Waals surface area contributed by atoms with Gasteiger partial charge in [0.1, 0.15) is 11.6 Å². The summed E-state index contributed by atoms with van der Waals surface area (Å²) in [5.74, 6) is 0.983. The van der Waals surface area contributed by atoms with Gasteiger partial charge in [-0.1, -0.05) is 11.8 Å². The van der Waals surface area contributed by atoms with Crippen molar-refractivity contribution in [3.8, 4) is 6.07 Å². The number of thioether (sulfide) groups is 1. The lowest BCUT2D eigenvalue weighted by Crippen LogP contribution is -2.23. The fourth-order valence-corrected chi connectivity index (χ4v) is 2.29. The highest BCUT2D eigenvalue weighted by Gasteiger charge is 2.25. The molecule has 6 heteroatoms. The Kier molecular flexibility index (Phi) is 3.82. The Morgan fingerprint density at radius 3 is 3.12 bits per heavy atom. The van der Waals surface area contributed by atoms with Crippen LogP contribution in [-0.2, 0) is 0 Å². The molecule has 0 amide bonds. The molecule has 1 unspecified atom stereocenters. The van der Waals surface area contributed by atoms with Crippen molar-refractivity contribution >= 4 is 17.6 Å². The zero-order valence-electron chi connectivity index (χ0n) is 9.63. The number of nitriles is 1. The highest BCUT2D eigenvalue weighted by atomic mass is 32.2. The smallest absolute Gasteiger partial charge is 0.189 e. The number of aromatic nitrogens is 2. The SMILES string of the molecule is CSc1ncc(C#N)c(N2CCC(CO)C2)n1. The van der Waals surface area contributed by atoms with Gasteiger partial charge in [0.2, 0.25) is 0 Å². The quantitative estimate of drug-likeness (QED) is 0.634. The minimum absolute atomic E-state index is 0.193. The highest BCUT2D eigenvalue weighted by Crippen LogP contribution is 2.25. The van der Waals surface area contributed by atoms with Gasteiger partial charge in [-0.3, -0.25) is 0 Å². The summed E-state index contributed by atoms with van der Waals surface area (Å²) in [6.45, 7) is 1.79. The first kappa shape index (κ1) is 12.1. The van der Waals surface area contributed by atoms with Gasteiger partial charge in [0.25, 0.3) is 0 Å². The van der Waals surface area contributed by atoms with Gasteiger partial charge in [0, 0.05) is 25.6 Å². The molecule has 5 nitrogen and oxygen atoms in total. The first-order valence-electron chi connectivity index (χ1n) is 5.45. The molecule has 1 N–H and O–H groups in total. The number of hydrogen-bond acceptors (Lipinski definition) is 6. The molecule has 1 aliphatic heterocycles. The molecule has 1 aliphatic rings. The molecule has 0 radical (unpaired) electrons. The minimum atomic E-state index is 0.193. The molecule has 1 saturated heterocycles. The van der Waals surface area contributed by atoms with Gasteiger partial charge in [-0.15, -0.1) is 0 Å². The lowest BCUT2D eigenvalue weighted by atomic mass is 10.1. The van der Waals surface area contributed by atoms with Crippen molar-refractivity contribution < 1.29 is 5.11 Å². The van der Waals surface area contributed by atoms with Crippen molar-refractivity contribution in [2.24, 2.45) is 5.92 Å². The van der Waals surface area contributed by atoms with E-state index in [0.29, 0.717) is 16.5 Å². The van der Waals surface area contributed by atoms with Crippen molar-refractivity contribution in [2.75, 3.05) is 30.9 Å². The molecule has 90 valence electrons. The first-order valence-corrected chi connectivity index (χ1v) is 6.68. The maximum atomic E-state index is 9.13. The molecule has 0 spiro atoms. The van der Waals surface area contributed by atoms with Crippen LogP contribution >= 0.6 is 11.8 Å². The third kappa shape index (κ3) is 2.51. The van der Waals surface area contributed by atoms with E-state index in [4.69, 9.17) is 10.4 Å². The Bertz CT molecular complexity index is 446. The Morgan fingerprint density at radius 1 is 1.71 bits per heavy atom. The van der Waals surface area contributed by atoms with E-state index < -0.39 is 0 Å². The summed E-state index contributed by atoms with van der Waals surface area (Å²) >= 11 is 1.46. The summed E-state index contributed by atoms with van der Waals surface area (Å²) < 4.78 is 0. The number of aliphatic hydroxyl groups is 1. The van der Waals surface area contributed by atoms with Crippen LogP contribution in [0.15, 0.2) is 11.4 Å². The lowest BCUT2D eigenvalue weighted by molar-refractivity contribution is 0.238. The van der Waals surface area contributed by atoms with E-state index in [-0.39, 0.29) is 12.5 Å². The van der Waals surface area contributed by atoms with Crippen LogP contribution in [0.1, 0.15) is 12.0 Å². The largest absolute Gasteiger partial charge is 0.396 e. The fourth-order valence-electron chi connectivity index (χ4n) is 1.95. The molecule has 0 saturated carbocycles. The normalized spacial score (nSPS) is 19.4. The van der Waals surface area contributed by atoms with Crippen LogP contribution in [0.4, 0.5) is 5.82 Å². The van der Waals surface area contributed by atoms with Gasteiger partial charge < -0.3 is 10.0 Å². The van der Waals surface area contributed by atoms with Crippen molar-refractivity contribution in [3.05, 3.63) is 11.8 Å². The highest BCUT2D eigenvalue weighted by molar-refractivity contribution is 7.98. The van der Waals surface area contributed by atoms with Gasteiger partial charge in [-0.2, -0.15) is 5.26 Å². The molecule has 1 aromatic heterocycles. The average Bonchev–Trinajstić information content (AvgIpc) is 2.86. The van der Waals surface area contributed by atoms with Gasteiger partial charge in [0.05, 0.1) is 6.20 Å². The molecular formula is C11H14N4OS. The van der Waals surface area contributed by atoms with Crippen LogP contribution in [-0.4, -0.2) is 41.0 Å². The predicted octanol–water partition coefficient (Wildman–Crippen LogP) is 0.889. The molecule has 0 aliphatic carbocycles.